The van der Waals surface area contributed by atoms with Crippen LogP contribution in [0.5, 0.6) is 17.2 Å². The highest BCUT2D eigenvalue weighted by Gasteiger charge is 2.34. The number of benzene rings is 3. The van der Waals surface area contributed by atoms with E-state index in [1.54, 1.807) is 6.08 Å². The molecule has 168 valence electrons. The van der Waals surface area contributed by atoms with E-state index < -0.39 is 0 Å². The van der Waals surface area contributed by atoms with Crippen molar-refractivity contribution in [1.82, 2.24) is 4.90 Å². The van der Waals surface area contributed by atoms with Crippen LogP contribution in [0.4, 0.5) is 0 Å². The van der Waals surface area contributed by atoms with Crippen LogP contribution in [0.3, 0.4) is 0 Å². The molecule has 0 fully saturated rings. The van der Waals surface area contributed by atoms with Crippen LogP contribution in [0, 0.1) is 6.92 Å². The van der Waals surface area contributed by atoms with E-state index in [9.17, 15) is 4.79 Å². The van der Waals surface area contributed by atoms with Gasteiger partial charge in [0.25, 0.3) is 0 Å². The Kier molecular flexibility index (Phi) is 5.65. The molecule has 0 N–H and O–H groups in total. The molecule has 1 atom stereocenters. The molecule has 3 aromatic rings. The van der Waals surface area contributed by atoms with Gasteiger partial charge in [-0.15, -0.1) is 0 Å². The molecule has 0 spiro atoms. The van der Waals surface area contributed by atoms with Crippen molar-refractivity contribution in [2.45, 2.75) is 33.4 Å². The summed E-state index contributed by atoms with van der Waals surface area (Å²) in [5, 5.41) is 0. The van der Waals surface area contributed by atoms with Gasteiger partial charge in [0.15, 0.2) is 5.76 Å². The van der Waals surface area contributed by atoms with E-state index in [0.717, 1.165) is 28.2 Å². The number of ketones is 1. The molecule has 2 aliphatic heterocycles. The predicted molar refractivity (Wildman–Crippen MR) is 128 cm³/mol. The van der Waals surface area contributed by atoms with Crippen LogP contribution < -0.4 is 14.2 Å². The number of fused-ring (bicyclic) bond motifs is 2. The van der Waals surface area contributed by atoms with E-state index >= 15 is 0 Å². The summed E-state index contributed by atoms with van der Waals surface area (Å²) in [4.78, 5) is 15.4. The van der Waals surface area contributed by atoms with Crippen molar-refractivity contribution >= 4 is 11.9 Å². The maximum absolute atomic E-state index is 13.2. The molecule has 0 aliphatic carbocycles. The number of rotatable bonds is 5. The molecule has 5 heteroatoms. The first-order chi connectivity index (χ1) is 16.0. The molecule has 1 unspecified atom stereocenters. The van der Waals surface area contributed by atoms with Crippen LogP contribution in [-0.4, -0.2) is 24.0 Å². The molecule has 0 saturated heterocycles. The van der Waals surface area contributed by atoms with Gasteiger partial charge in [0.2, 0.25) is 5.78 Å². The van der Waals surface area contributed by atoms with E-state index in [-0.39, 0.29) is 11.8 Å². The number of carbonyl (C=O) groups is 1. The lowest BCUT2D eigenvalue weighted by molar-refractivity contribution is 0.0609. The number of hydrogen-bond donors (Lipinski definition) is 0. The SMILES string of the molecule is CCOc1ccc(/C=C2\Oc3c(cc4c(c3C)OCN(C(C)c3ccccc3)C4)C2=O)cc1. The highest BCUT2D eigenvalue weighted by atomic mass is 16.5. The number of nitrogens with zero attached hydrogens (tertiary/aromatic N) is 1. The van der Waals surface area contributed by atoms with E-state index in [4.69, 9.17) is 14.2 Å². The van der Waals surface area contributed by atoms with Crippen LogP contribution in [-0.2, 0) is 6.54 Å². The molecule has 5 nitrogen and oxygen atoms in total. The largest absolute Gasteiger partial charge is 0.494 e. The summed E-state index contributed by atoms with van der Waals surface area (Å²) in [6, 6.07) is 20.1. The third-order valence-electron chi connectivity index (χ3n) is 6.28. The van der Waals surface area contributed by atoms with Gasteiger partial charge < -0.3 is 14.2 Å². The van der Waals surface area contributed by atoms with E-state index in [2.05, 4.69) is 36.1 Å². The Bertz CT molecular complexity index is 1210. The van der Waals surface area contributed by atoms with Crippen molar-refractivity contribution in [3.63, 3.8) is 0 Å². The van der Waals surface area contributed by atoms with Crippen molar-refractivity contribution < 1.29 is 19.0 Å². The lowest BCUT2D eigenvalue weighted by Crippen LogP contribution is -2.34. The number of carbonyl (C=O) groups excluding carboxylic acids is 1. The summed E-state index contributed by atoms with van der Waals surface area (Å²) < 4.78 is 17.7. The molecule has 0 bridgehead atoms. The van der Waals surface area contributed by atoms with E-state index in [1.807, 2.05) is 50.2 Å². The number of ether oxygens (including phenoxy) is 3. The van der Waals surface area contributed by atoms with Crippen molar-refractivity contribution in [2.75, 3.05) is 13.3 Å². The van der Waals surface area contributed by atoms with Gasteiger partial charge in [0.05, 0.1) is 12.2 Å². The Morgan fingerprint density at radius 1 is 1.09 bits per heavy atom. The zero-order valence-corrected chi connectivity index (χ0v) is 19.1. The average molecular weight is 442 g/mol. The molecule has 3 aromatic carbocycles. The van der Waals surface area contributed by atoms with Gasteiger partial charge in [0.1, 0.15) is 24.0 Å². The number of allylic oxidation sites excluding steroid dienone is 1. The minimum Gasteiger partial charge on any atom is -0.494 e. The minimum atomic E-state index is -0.0991. The van der Waals surface area contributed by atoms with Crippen LogP contribution in [0.1, 0.15) is 52.5 Å². The zero-order chi connectivity index (χ0) is 22.9. The average Bonchev–Trinajstić information content (AvgIpc) is 3.16. The van der Waals surface area contributed by atoms with Crippen molar-refractivity contribution in [2.24, 2.45) is 0 Å². The standard InChI is InChI=1S/C28H27NO4/c1-4-31-23-12-10-20(11-13-23)14-25-26(30)24-15-22-16-29(19(3)21-8-6-5-7-9-21)17-32-27(22)18(2)28(24)33-25/h5-15,19H,4,16-17H2,1-3H3/b25-14-. The second-order valence-corrected chi connectivity index (χ2v) is 8.42. The fourth-order valence-corrected chi connectivity index (χ4v) is 4.44. The highest BCUT2D eigenvalue weighted by Crippen LogP contribution is 2.44. The predicted octanol–water partition coefficient (Wildman–Crippen LogP) is 5.92. The summed E-state index contributed by atoms with van der Waals surface area (Å²) in [5.41, 5.74) is 4.61. The summed E-state index contributed by atoms with van der Waals surface area (Å²) in [7, 11) is 0. The summed E-state index contributed by atoms with van der Waals surface area (Å²) in [6.45, 7) is 7.91. The van der Waals surface area contributed by atoms with Gasteiger partial charge in [-0.05, 0) is 56.2 Å². The molecule has 0 aromatic heterocycles. The topological polar surface area (TPSA) is 48.0 Å². The maximum atomic E-state index is 13.2. The first-order valence-corrected chi connectivity index (χ1v) is 11.3. The monoisotopic (exact) mass is 441 g/mol. The van der Waals surface area contributed by atoms with Crippen molar-refractivity contribution in [1.29, 1.82) is 0 Å². The van der Waals surface area contributed by atoms with E-state index in [0.29, 0.717) is 37.0 Å². The normalized spacial score (nSPS) is 17.2. The molecule has 0 saturated carbocycles. The van der Waals surface area contributed by atoms with Gasteiger partial charge in [-0.1, -0.05) is 42.5 Å². The van der Waals surface area contributed by atoms with Gasteiger partial charge in [-0.25, -0.2) is 0 Å². The molecule has 2 heterocycles. The Balaban J connectivity index is 1.41. The molecule has 0 radical (unpaired) electrons. The van der Waals surface area contributed by atoms with E-state index in [1.165, 1.54) is 5.56 Å². The summed E-state index contributed by atoms with van der Waals surface area (Å²) in [6.07, 6.45) is 1.78. The first kappa shape index (κ1) is 21.3. The van der Waals surface area contributed by atoms with Gasteiger partial charge in [0, 0.05) is 23.7 Å². The Morgan fingerprint density at radius 2 is 1.85 bits per heavy atom. The molecular weight excluding hydrogens is 414 g/mol. The molecule has 2 aliphatic rings. The van der Waals surface area contributed by atoms with Crippen LogP contribution in [0.25, 0.3) is 6.08 Å². The fourth-order valence-electron chi connectivity index (χ4n) is 4.44. The maximum Gasteiger partial charge on any atom is 0.231 e. The van der Waals surface area contributed by atoms with Crippen LogP contribution in [0.15, 0.2) is 66.4 Å². The smallest absolute Gasteiger partial charge is 0.231 e. The quantitative estimate of drug-likeness (QED) is 0.460. The third-order valence-corrected chi connectivity index (χ3v) is 6.28. The Labute approximate surface area is 194 Å². The van der Waals surface area contributed by atoms with Crippen LogP contribution in [0.2, 0.25) is 0 Å². The second-order valence-electron chi connectivity index (χ2n) is 8.42. The Hall–Kier alpha value is -3.57. The Morgan fingerprint density at radius 3 is 2.58 bits per heavy atom. The molecule has 0 amide bonds. The third kappa shape index (κ3) is 4.00. The number of hydrogen-bond acceptors (Lipinski definition) is 5. The zero-order valence-electron chi connectivity index (χ0n) is 19.1. The van der Waals surface area contributed by atoms with Gasteiger partial charge in [-0.3, -0.25) is 9.69 Å². The first-order valence-electron chi connectivity index (χ1n) is 11.3. The van der Waals surface area contributed by atoms with Gasteiger partial charge in [-0.2, -0.15) is 0 Å². The molecule has 5 rings (SSSR count). The lowest BCUT2D eigenvalue weighted by Gasteiger charge is -2.34. The lowest BCUT2D eigenvalue weighted by atomic mass is 9.99. The minimum absolute atomic E-state index is 0.0991. The van der Waals surface area contributed by atoms with Crippen molar-refractivity contribution in [3.05, 3.63) is 94.2 Å². The molecule has 33 heavy (non-hydrogen) atoms. The van der Waals surface area contributed by atoms with Gasteiger partial charge >= 0.3 is 0 Å². The fraction of sp³-hybridized carbons (Fsp3) is 0.250. The highest BCUT2D eigenvalue weighted by molar-refractivity contribution is 6.15. The second kappa shape index (κ2) is 8.75. The summed E-state index contributed by atoms with van der Waals surface area (Å²) in [5.74, 6) is 2.45. The van der Waals surface area contributed by atoms with Crippen molar-refractivity contribution in [3.8, 4) is 17.2 Å². The van der Waals surface area contributed by atoms with Crippen LogP contribution >= 0.6 is 0 Å². The number of Topliss-reactive ketones (excluding diaryl/α,β-unsaturated/α-hetero) is 1. The summed E-state index contributed by atoms with van der Waals surface area (Å²) >= 11 is 0. The molecular formula is C28H27NO4.